The zero-order valence-corrected chi connectivity index (χ0v) is 13.9. The molecule has 0 atom stereocenters. The molecule has 1 aliphatic carbocycles. The number of rotatable bonds is 5. The molecule has 2 rings (SSSR count). The highest BCUT2D eigenvalue weighted by Crippen LogP contribution is 2.27. The maximum atomic E-state index is 12.6. The fourth-order valence-corrected chi connectivity index (χ4v) is 3.02. The van der Waals surface area contributed by atoms with Crippen molar-refractivity contribution in [2.24, 2.45) is 5.92 Å². The van der Waals surface area contributed by atoms with E-state index in [1.165, 1.54) is 12.6 Å². The Kier molecular flexibility index (Phi) is 6.40. The minimum absolute atomic E-state index is 0.0388. The molecule has 0 aromatic heterocycles. The Morgan fingerprint density at radius 3 is 2.50 bits per heavy atom. The maximum absolute atomic E-state index is 12.6. The molecule has 0 unspecified atom stereocenters. The molecule has 5 heteroatoms. The van der Waals surface area contributed by atoms with Crippen molar-refractivity contribution in [2.75, 3.05) is 5.32 Å². The third-order valence-corrected chi connectivity index (χ3v) is 4.54. The van der Waals surface area contributed by atoms with Gasteiger partial charge in [-0.05, 0) is 43.7 Å². The van der Waals surface area contributed by atoms with Crippen molar-refractivity contribution >= 4 is 11.6 Å². The number of hydrogen-bond acceptors (Lipinski definition) is 4. The maximum Gasteiger partial charge on any atom is 0.253 e. The number of carbonyl (C=O) groups is 1. The molecule has 1 saturated carbocycles. The highest BCUT2D eigenvalue weighted by Gasteiger charge is 2.22. The number of amides is 1. The lowest BCUT2D eigenvalue weighted by Gasteiger charge is -2.28. The molecule has 1 aromatic rings. The van der Waals surface area contributed by atoms with Crippen molar-refractivity contribution in [3.05, 3.63) is 41.6 Å². The molecule has 1 aliphatic rings. The van der Waals surface area contributed by atoms with Crippen LogP contribution in [0.25, 0.3) is 0 Å². The number of nitriles is 2. The summed E-state index contributed by atoms with van der Waals surface area (Å²) in [5, 5.41) is 23.5. The molecule has 0 aliphatic heterocycles. The second kappa shape index (κ2) is 8.74. The number of nitrogens with zero attached hydrogens (tertiary/aromatic N) is 2. The minimum atomic E-state index is -0.123. The summed E-state index contributed by atoms with van der Waals surface area (Å²) in [5.41, 5.74) is 1.06. The van der Waals surface area contributed by atoms with E-state index in [1.54, 1.807) is 36.4 Å². The van der Waals surface area contributed by atoms with Crippen molar-refractivity contribution in [1.82, 2.24) is 5.32 Å². The van der Waals surface area contributed by atoms with Crippen LogP contribution >= 0.6 is 0 Å². The van der Waals surface area contributed by atoms with Gasteiger partial charge < -0.3 is 10.6 Å². The molecule has 0 heterocycles. The van der Waals surface area contributed by atoms with Crippen LogP contribution in [0.3, 0.4) is 0 Å². The van der Waals surface area contributed by atoms with Crippen LogP contribution in [-0.4, -0.2) is 11.9 Å². The fourth-order valence-electron chi connectivity index (χ4n) is 3.02. The molecule has 0 bridgehead atoms. The van der Waals surface area contributed by atoms with Gasteiger partial charge in [0.25, 0.3) is 5.91 Å². The van der Waals surface area contributed by atoms with Gasteiger partial charge in [-0.2, -0.15) is 10.5 Å². The van der Waals surface area contributed by atoms with E-state index in [0.717, 1.165) is 31.6 Å². The average Bonchev–Trinajstić information content (AvgIpc) is 2.63. The lowest BCUT2D eigenvalue weighted by atomic mass is 9.84. The van der Waals surface area contributed by atoms with E-state index in [0.29, 0.717) is 11.3 Å². The van der Waals surface area contributed by atoms with Crippen molar-refractivity contribution in [1.29, 1.82) is 10.5 Å². The molecule has 1 amide bonds. The van der Waals surface area contributed by atoms with Crippen molar-refractivity contribution in [2.45, 2.75) is 45.1 Å². The lowest BCUT2D eigenvalue weighted by Crippen LogP contribution is -2.37. The summed E-state index contributed by atoms with van der Waals surface area (Å²) in [6.07, 6.45) is 6.90. The van der Waals surface area contributed by atoms with Gasteiger partial charge in [0.05, 0.1) is 11.3 Å². The molecule has 0 spiro atoms. The monoisotopic (exact) mass is 322 g/mol. The third-order valence-electron chi connectivity index (χ3n) is 4.54. The topological polar surface area (TPSA) is 88.7 Å². The Hall–Kier alpha value is -2.79. The molecule has 0 saturated heterocycles. The van der Waals surface area contributed by atoms with E-state index >= 15 is 0 Å². The summed E-state index contributed by atoms with van der Waals surface area (Å²) in [6.45, 7) is 2.22. The summed E-state index contributed by atoms with van der Waals surface area (Å²) in [6, 6.07) is 10.9. The van der Waals surface area contributed by atoms with Gasteiger partial charge in [-0.15, -0.1) is 0 Å². The average molecular weight is 322 g/mol. The van der Waals surface area contributed by atoms with Crippen LogP contribution in [0.1, 0.15) is 49.4 Å². The number of para-hydroxylation sites is 1. The number of nitrogens with one attached hydrogen (secondary N) is 2. The molecular weight excluding hydrogens is 300 g/mol. The number of benzene rings is 1. The normalized spacial score (nSPS) is 19.5. The van der Waals surface area contributed by atoms with Crippen LogP contribution in [-0.2, 0) is 0 Å². The van der Waals surface area contributed by atoms with E-state index in [9.17, 15) is 4.79 Å². The Morgan fingerprint density at radius 1 is 1.21 bits per heavy atom. The molecule has 124 valence electrons. The van der Waals surface area contributed by atoms with E-state index in [2.05, 4.69) is 17.6 Å². The minimum Gasteiger partial charge on any atom is -0.359 e. The Labute approximate surface area is 143 Å². The number of anilines is 1. The quantitative estimate of drug-likeness (QED) is 0.808. The summed E-state index contributed by atoms with van der Waals surface area (Å²) < 4.78 is 0. The van der Waals surface area contributed by atoms with Crippen molar-refractivity contribution in [3.63, 3.8) is 0 Å². The van der Waals surface area contributed by atoms with Gasteiger partial charge in [-0.1, -0.05) is 25.5 Å². The van der Waals surface area contributed by atoms with Crippen LogP contribution in [0.15, 0.2) is 36.0 Å². The first-order valence-corrected chi connectivity index (χ1v) is 8.34. The smallest absolute Gasteiger partial charge is 0.253 e. The molecule has 24 heavy (non-hydrogen) atoms. The van der Waals surface area contributed by atoms with Crippen LogP contribution in [0, 0.1) is 28.6 Å². The predicted octanol–water partition coefficient (Wildman–Crippen LogP) is 3.73. The van der Waals surface area contributed by atoms with Gasteiger partial charge in [-0.25, -0.2) is 0 Å². The fraction of sp³-hybridized carbons (Fsp3) is 0.421. The molecule has 0 radical (unpaired) electrons. The van der Waals surface area contributed by atoms with Gasteiger partial charge in [0.1, 0.15) is 17.7 Å². The van der Waals surface area contributed by atoms with Gasteiger partial charge in [0, 0.05) is 12.2 Å². The summed E-state index contributed by atoms with van der Waals surface area (Å²) in [7, 11) is 0. The van der Waals surface area contributed by atoms with Crippen molar-refractivity contribution < 1.29 is 4.79 Å². The highest BCUT2D eigenvalue weighted by atomic mass is 16.1. The summed E-state index contributed by atoms with van der Waals surface area (Å²) in [5.74, 6) is 0.662. The van der Waals surface area contributed by atoms with E-state index < -0.39 is 0 Å². The second-order valence-corrected chi connectivity index (χ2v) is 6.07. The molecular formula is C19H22N4O. The Morgan fingerprint density at radius 2 is 1.88 bits per heavy atom. The number of allylic oxidation sites excluding steroid dienone is 1. The van der Waals surface area contributed by atoms with E-state index in [-0.39, 0.29) is 17.5 Å². The van der Waals surface area contributed by atoms with E-state index in [4.69, 9.17) is 10.5 Å². The highest BCUT2D eigenvalue weighted by molar-refractivity contribution is 5.99. The van der Waals surface area contributed by atoms with Gasteiger partial charge in [0.15, 0.2) is 0 Å². The van der Waals surface area contributed by atoms with Crippen LogP contribution in [0.5, 0.6) is 0 Å². The predicted molar refractivity (Wildman–Crippen MR) is 92.9 cm³/mol. The third kappa shape index (κ3) is 4.60. The van der Waals surface area contributed by atoms with Gasteiger partial charge in [-0.3, -0.25) is 4.79 Å². The second-order valence-electron chi connectivity index (χ2n) is 6.07. The van der Waals surface area contributed by atoms with Crippen molar-refractivity contribution in [3.8, 4) is 12.1 Å². The zero-order valence-electron chi connectivity index (χ0n) is 13.9. The first-order valence-electron chi connectivity index (χ1n) is 8.34. The molecule has 2 N–H and O–H groups in total. The zero-order chi connectivity index (χ0) is 17.4. The molecule has 1 aromatic carbocycles. The molecule has 5 nitrogen and oxygen atoms in total. The Balaban J connectivity index is 2.04. The van der Waals surface area contributed by atoms with Gasteiger partial charge in [0.2, 0.25) is 0 Å². The Bertz CT molecular complexity index is 672. The summed E-state index contributed by atoms with van der Waals surface area (Å²) >= 11 is 0. The number of hydrogen-bond donors (Lipinski definition) is 2. The van der Waals surface area contributed by atoms with Crippen LogP contribution in [0.4, 0.5) is 5.69 Å². The standard InChI is InChI=1S/C19H22N4O/c1-2-14-7-9-16(10-8-14)23-19(24)17-5-3-4-6-18(17)22-13-15(11-20)12-21/h3-6,13-14,16,22H,2,7-10H2,1H3,(H,23,24). The first-order chi connectivity index (χ1) is 11.7. The lowest BCUT2D eigenvalue weighted by molar-refractivity contribution is 0.0922. The van der Waals surface area contributed by atoms with Gasteiger partial charge >= 0.3 is 0 Å². The van der Waals surface area contributed by atoms with E-state index in [1.807, 2.05) is 0 Å². The summed E-state index contributed by atoms with van der Waals surface area (Å²) in [4.78, 5) is 12.6. The first kappa shape index (κ1) is 17.6. The molecule has 1 fully saturated rings. The SMILES string of the molecule is CCC1CCC(NC(=O)c2ccccc2NC=C(C#N)C#N)CC1. The van der Waals surface area contributed by atoms with Crippen LogP contribution in [0.2, 0.25) is 0 Å². The largest absolute Gasteiger partial charge is 0.359 e. The number of carbonyl (C=O) groups excluding carboxylic acids is 1. The van der Waals surface area contributed by atoms with Crippen LogP contribution < -0.4 is 10.6 Å².